The lowest BCUT2D eigenvalue weighted by molar-refractivity contribution is 0.457. The molecule has 1 aromatic rings. The maximum absolute atomic E-state index is 6.18. The number of allylic oxidation sites excluding steroid dienone is 2. The minimum absolute atomic E-state index is 0.562. The zero-order valence-electron chi connectivity index (χ0n) is 8.07. The molecule has 1 aromatic carbocycles. The Labute approximate surface area is 93.4 Å². The highest BCUT2D eigenvalue weighted by atomic mass is 35.5. The van der Waals surface area contributed by atoms with E-state index in [1.807, 2.05) is 18.2 Å². The Morgan fingerprint density at radius 2 is 2.13 bits per heavy atom. The van der Waals surface area contributed by atoms with Crippen LogP contribution in [0.2, 0.25) is 5.02 Å². The van der Waals surface area contributed by atoms with Crippen LogP contribution in [0, 0.1) is 0 Å². The van der Waals surface area contributed by atoms with E-state index in [4.69, 9.17) is 23.1 Å². The van der Waals surface area contributed by atoms with Crippen molar-refractivity contribution in [2.75, 3.05) is 0 Å². The van der Waals surface area contributed by atoms with Crippen LogP contribution in [0.25, 0.3) is 0 Å². The van der Waals surface area contributed by atoms with E-state index in [-0.39, 0.29) is 0 Å². The third kappa shape index (κ3) is 1.71. The van der Waals surface area contributed by atoms with Crippen LogP contribution in [0.1, 0.15) is 5.56 Å². The smallest absolute Gasteiger partial charge is 0.153 e. The summed E-state index contributed by atoms with van der Waals surface area (Å²) in [6, 6.07) is 7.33. The van der Waals surface area contributed by atoms with E-state index < -0.39 is 5.66 Å². The van der Waals surface area contributed by atoms with Crippen LogP contribution >= 0.6 is 11.6 Å². The SMILES string of the molecule is NC1=CC=CNC1(N)c1cccc(Cl)c1. The van der Waals surface area contributed by atoms with Crippen molar-refractivity contribution in [3.63, 3.8) is 0 Å². The molecule has 78 valence electrons. The third-order valence-corrected chi connectivity index (χ3v) is 2.65. The highest BCUT2D eigenvalue weighted by molar-refractivity contribution is 6.30. The Bertz CT molecular complexity index is 439. The number of hydrogen-bond donors (Lipinski definition) is 3. The lowest BCUT2D eigenvalue weighted by Crippen LogP contribution is -2.53. The molecule has 0 saturated heterocycles. The first-order valence-corrected chi connectivity index (χ1v) is 4.96. The maximum Gasteiger partial charge on any atom is 0.153 e. The van der Waals surface area contributed by atoms with E-state index in [1.54, 1.807) is 24.4 Å². The molecule has 1 unspecified atom stereocenters. The Balaban J connectivity index is 2.46. The summed E-state index contributed by atoms with van der Waals surface area (Å²) in [5.41, 5.74) is 12.6. The molecule has 15 heavy (non-hydrogen) atoms. The molecule has 1 aliphatic heterocycles. The molecule has 1 aliphatic rings. The van der Waals surface area contributed by atoms with E-state index in [0.29, 0.717) is 10.7 Å². The van der Waals surface area contributed by atoms with Crippen LogP contribution in [-0.2, 0) is 5.66 Å². The van der Waals surface area contributed by atoms with Gasteiger partial charge in [0.2, 0.25) is 0 Å². The first-order chi connectivity index (χ1) is 7.13. The van der Waals surface area contributed by atoms with Crippen molar-refractivity contribution in [2.45, 2.75) is 5.66 Å². The highest BCUT2D eigenvalue weighted by Crippen LogP contribution is 2.25. The number of dihydropyridines is 1. The molecule has 2 rings (SSSR count). The zero-order valence-corrected chi connectivity index (χ0v) is 8.83. The summed E-state index contributed by atoms with van der Waals surface area (Å²) in [7, 11) is 0. The average molecular weight is 222 g/mol. The van der Waals surface area contributed by atoms with Gasteiger partial charge in [-0.2, -0.15) is 0 Å². The van der Waals surface area contributed by atoms with E-state index in [2.05, 4.69) is 5.32 Å². The summed E-state index contributed by atoms with van der Waals surface area (Å²) in [4.78, 5) is 0. The number of benzene rings is 1. The van der Waals surface area contributed by atoms with E-state index in [1.165, 1.54) is 0 Å². The van der Waals surface area contributed by atoms with Crippen LogP contribution in [0.15, 0.2) is 48.3 Å². The van der Waals surface area contributed by atoms with E-state index in [9.17, 15) is 0 Å². The van der Waals surface area contributed by atoms with Gasteiger partial charge in [0.15, 0.2) is 5.66 Å². The molecule has 1 atom stereocenters. The van der Waals surface area contributed by atoms with Crippen LogP contribution in [0.3, 0.4) is 0 Å². The Hall–Kier alpha value is -1.45. The highest BCUT2D eigenvalue weighted by Gasteiger charge is 2.30. The predicted octanol–water partition coefficient (Wildman–Crippen LogP) is 1.41. The molecule has 0 radical (unpaired) electrons. The maximum atomic E-state index is 6.18. The molecular formula is C11H12ClN3. The molecule has 3 nitrogen and oxygen atoms in total. The molecule has 0 amide bonds. The lowest BCUT2D eigenvalue weighted by atomic mass is 9.95. The summed E-state index contributed by atoms with van der Waals surface area (Å²) in [6.07, 6.45) is 5.35. The number of hydrogen-bond acceptors (Lipinski definition) is 3. The first kappa shape index (κ1) is 10.1. The second-order valence-electron chi connectivity index (χ2n) is 3.44. The van der Waals surface area contributed by atoms with Crippen molar-refractivity contribution in [1.82, 2.24) is 5.32 Å². The van der Waals surface area contributed by atoms with Gasteiger partial charge in [-0.25, -0.2) is 0 Å². The standard InChI is InChI=1S/C11H12ClN3/c12-9-4-1-3-8(7-9)11(14)10(13)5-2-6-15-11/h1-7,15H,13-14H2. The van der Waals surface area contributed by atoms with Crippen molar-refractivity contribution in [3.8, 4) is 0 Å². The molecule has 1 heterocycles. The monoisotopic (exact) mass is 221 g/mol. The minimum Gasteiger partial charge on any atom is -0.399 e. The van der Waals surface area contributed by atoms with Gasteiger partial charge in [-0.05, 0) is 36.0 Å². The fraction of sp³-hybridized carbons (Fsp3) is 0.0909. The topological polar surface area (TPSA) is 64.1 Å². The first-order valence-electron chi connectivity index (χ1n) is 4.58. The average Bonchev–Trinajstić information content (AvgIpc) is 2.23. The fourth-order valence-corrected chi connectivity index (χ4v) is 1.72. The number of nitrogens with one attached hydrogen (secondary N) is 1. The largest absolute Gasteiger partial charge is 0.399 e. The quantitative estimate of drug-likeness (QED) is 0.672. The summed E-state index contributed by atoms with van der Waals surface area (Å²) in [5.74, 6) is 0. The van der Waals surface area contributed by atoms with Crippen LogP contribution in [0.4, 0.5) is 0 Å². The molecule has 4 heteroatoms. The van der Waals surface area contributed by atoms with Gasteiger partial charge >= 0.3 is 0 Å². The van der Waals surface area contributed by atoms with Gasteiger partial charge in [-0.3, -0.25) is 5.73 Å². The Kier molecular flexibility index (Phi) is 2.42. The lowest BCUT2D eigenvalue weighted by Gasteiger charge is -2.33. The molecule has 0 aromatic heterocycles. The van der Waals surface area contributed by atoms with Gasteiger partial charge in [0.05, 0.1) is 5.70 Å². The van der Waals surface area contributed by atoms with Crippen molar-refractivity contribution in [2.24, 2.45) is 11.5 Å². The zero-order chi connectivity index (χ0) is 10.9. The van der Waals surface area contributed by atoms with Gasteiger partial charge in [-0.1, -0.05) is 23.7 Å². The van der Waals surface area contributed by atoms with Crippen molar-refractivity contribution >= 4 is 11.6 Å². The van der Waals surface area contributed by atoms with E-state index >= 15 is 0 Å². The number of nitrogens with two attached hydrogens (primary N) is 2. The normalized spacial score (nSPS) is 24.5. The van der Waals surface area contributed by atoms with Crippen molar-refractivity contribution < 1.29 is 0 Å². The minimum atomic E-state index is -0.861. The third-order valence-electron chi connectivity index (χ3n) is 2.42. The van der Waals surface area contributed by atoms with E-state index in [0.717, 1.165) is 5.56 Å². The van der Waals surface area contributed by atoms with Gasteiger partial charge in [-0.15, -0.1) is 0 Å². The number of rotatable bonds is 1. The van der Waals surface area contributed by atoms with Gasteiger partial charge in [0.25, 0.3) is 0 Å². The molecule has 0 bridgehead atoms. The molecule has 0 saturated carbocycles. The molecular weight excluding hydrogens is 210 g/mol. The summed E-state index contributed by atoms with van der Waals surface area (Å²) < 4.78 is 0. The number of halogens is 1. The Morgan fingerprint density at radius 1 is 1.33 bits per heavy atom. The predicted molar refractivity (Wildman–Crippen MR) is 61.9 cm³/mol. The summed E-state index contributed by atoms with van der Waals surface area (Å²) in [6.45, 7) is 0. The summed E-state index contributed by atoms with van der Waals surface area (Å²) >= 11 is 5.91. The second-order valence-corrected chi connectivity index (χ2v) is 3.88. The van der Waals surface area contributed by atoms with Crippen molar-refractivity contribution in [3.05, 3.63) is 58.9 Å². The van der Waals surface area contributed by atoms with Gasteiger partial charge in [0.1, 0.15) is 0 Å². The molecule has 0 aliphatic carbocycles. The van der Waals surface area contributed by atoms with Crippen LogP contribution in [-0.4, -0.2) is 0 Å². The van der Waals surface area contributed by atoms with Crippen LogP contribution in [0.5, 0.6) is 0 Å². The Morgan fingerprint density at radius 3 is 2.80 bits per heavy atom. The molecule has 0 fully saturated rings. The summed E-state index contributed by atoms with van der Waals surface area (Å²) in [5, 5.41) is 3.67. The molecule has 5 N–H and O–H groups in total. The van der Waals surface area contributed by atoms with Gasteiger partial charge in [0, 0.05) is 5.02 Å². The molecule has 0 spiro atoms. The second kappa shape index (κ2) is 3.61. The van der Waals surface area contributed by atoms with Crippen LogP contribution < -0.4 is 16.8 Å². The van der Waals surface area contributed by atoms with Crippen molar-refractivity contribution in [1.29, 1.82) is 0 Å². The fourth-order valence-electron chi connectivity index (χ4n) is 1.53. The van der Waals surface area contributed by atoms with Gasteiger partial charge < -0.3 is 11.1 Å².